The van der Waals surface area contributed by atoms with Crippen LogP contribution in [0.4, 0.5) is 0 Å². The van der Waals surface area contributed by atoms with Gasteiger partial charge in [0.25, 0.3) is 0 Å². The zero-order valence-electron chi connectivity index (χ0n) is 7.66. The molecule has 0 aromatic rings. The highest BCUT2D eigenvalue weighted by atomic mass is 16.4. The van der Waals surface area contributed by atoms with E-state index in [1.54, 1.807) is 0 Å². The van der Waals surface area contributed by atoms with Gasteiger partial charge in [0, 0.05) is 18.1 Å². The Balaban J connectivity index is 2.61. The fourth-order valence-electron chi connectivity index (χ4n) is 1.51. The zero-order valence-corrected chi connectivity index (χ0v) is 7.66. The Labute approximate surface area is 72.3 Å². The van der Waals surface area contributed by atoms with Crippen molar-refractivity contribution in [3.8, 4) is 0 Å². The molecule has 0 saturated carbocycles. The molecule has 1 aliphatic rings. The second-order valence-electron chi connectivity index (χ2n) is 3.52. The zero-order chi connectivity index (χ0) is 9.30. The van der Waals surface area contributed by atoms with Crippen LogP contribution in [0.5, 0.6) is 0 Å². The van der Waals surface area contributed by atoms with Crippen molar-refractivity contribution in [2.24, 2.45) is 0 Å². The topological polar surface area (TPSA) is 61.4 Å². The molecule has 4 atom stereocenters. The first kappa shape index (κ1) is 9.48. The van der Waals surface area contributed by atoms with Gasteiger partial charge in [0.15, 0.2) is 0 Å². The maximum atomic E-state index is 10.7. The van der Waals surface area contributed by atoms with Crippen molar-refractivity contribution in [2.75, 3.05) is 0 Å². The number of aliphatic carboxylic acids is 1. The standard InChI is InChI=1S/C8H16N2O2/c1-4-5(2)10-7(8(11)12)6(3)9-4/h4-7,9-10H,1-3H3,(H,11,12)/t4-,5+,6+,7-/m0/s1. The number of carbonyl (C=O) groups is 1. The summed E-state index contributed by atoms with van der Waals surface area (Å²) in [7, 11) is 0. The average Bonchev–Trinajstić information content (AvgIpc) is 1.96. The molecule has 1 saturated heterocycles. The van der Waals surface area contributed by atoms with Crippen LogP contribution in [0.3, 0.4) is 0 Å². The Morgan fingerprint density at radius 2 is 1.58 bits per heavy atom. The number of piperazine rings is 1. The highest BCUT2D eigenvalue weighted by Gasteiger charge is 2.33. The molecule has 1 aliphatic heterocycles. The number of hydrogen-bond acceptors (Lipinski definition) is 3. The number of hydrogen-bond donors (Lipinski definition) is 3. The molecule has 1 heterocycles. The average molecular weight is 172 g/mol. The molecule has 70 valence electrons. The van der Waals surface area contributed by atoms with E-state index >= 15 is 0 Å². The van der Waals surface area contributed by atoms with Crippen LogP contribution in [-0.4, -0.2) is 35.2 Å². The third kappa shape index (κ3) is 1.76. The summed E-state index contributed by atoms with van der Waals surface area (Å²) in [6.45, 7) is 5.92. The van der Waals surface area contributed by atoms with Gasteiger partial charge in [-0.15, -0.1) is 0 Å². The second kappa shape index (κ2) is 3.41. The first-order valence-corrected chi connectivity index (χ1v) is 4.27. The van der Waals surface area contributed by atoms with E-state index in [0.29, 0.717) is 6.04 Å². The Hall–Kier alpha value is -0.610. The van der Waals surface area contributed by atoms with Crippen molar-refractivity contribution < 1.29 is 9.90 Å². The van der Waals surface area contributed by atoms with Gasteiger partial charge in [0.05, 0.1) is 0 Å². The predicted octanol–water partition coefficient (Wildman–Crippen LogP) is -0.202. The van der Waals surface area contributed by atoms with E-state index in [1.165, 1.54) is 0 Å². The van der Waals surface area contributed by atoms with E-state index in [-0.39, 0.29) is 12.1 Å². The molecule has 0 amide bonds. The summed E-state index contributed by atoms with van der Waals surface area (Å²) in [5, 5.41) is 15.1. The number of nitrogens with one attached hydrogen (secondary N) is 2. The SMILES string of the molecule is C[C@@H]1N[C@H](C)[C@@H](C(=O)O)N[C@@H]1C. The van der Waals surface area contributed by atoms with Gasteiger partial charge in [-0.2, -0.15) is 0 Å². The Morgan fingerprint density at radius 1 is 1.08 bits per heavy atom. The Kier molecular flexibility index (Phi) is 2.69. The van der Waals surface area contributed by atoms with Crippen molar-refractivity contribution in [2.45, 2.75) is 44.9 Å². The molecule has 0 unspecified atom stereocenters. The lowest BCUT2D eigenvalue weighted by atomic mass is 10.00. The minimum atomic E-state index is -0.784. The minimum Gasteiger partial charge on any atom is -0.480 e. The van der Waals surface area contributed by atoms with Gasteiger partial charge in [-0.1, -0.05) is 0 Å². The van der Waals surface area contributed by atoms with Gasteiger partial charge < -0.3 is 10.4 Å². The van der Waals surface area contributed by atoms with Crippen LogP contribution in [0.1, 0.15) is 20.8 Å². The smallest absolute Gasteiger partial charge is 0.322 e. The largest absolute Gasteiger partial charge is 0.480 e. The summed E-state index contributed by atoms with van der Waals surface area (Å²) in [5.74, 6) is -0.784. The van der Waals surface area contributed by atoms with Gasteiger partial charge in [-0.05, 0) is 20.8 Å². The Bertz CT molecular complexity index is 184. The Morgan fingerprint density at radius 3 is 2.08 bits per heavy atom. The van der Waals surface area contributed by atoms with Crippen molar-refractivity contribution in [1.82, 2.24) is 10.6 Å². The quantitative estimate of drug-likeness (QED) is 0.512. The minimum absolute atomic E-state index is 0.00583. The molecule has 4 heteroatoms. The van der Waals surface area contributed by atoms with Crippen molar-refractivity contribution in [1.29, 1.82) is 0 Å². The molecular weight excluding hydrogens is 156 g/mol. The monoisotopic (exact) mass is 172 g/mol. The fourth-order valence-corrected chi connectivity index (χ4v) is 1.51. The maximum Gasteiger partial charge on any atom is 0.322 e. The number of carboxylic acid groups (broad SMARTS) is 1. The molecule has 12 heavy (non-hydrogen) atoms. The summed E-state index contributed by atoms with van der Waals surface area (Å²) in [4.78, 5) is 10.7. The molecule has 1 rings (SSSR count). The van der Waals surface area contributed by atoms with Crippen molar-refractivity contribution in [3.05, 3.63) is 0 Å². The van der Waals surface area contributed by atoms with Crippen molar-refractivity contribution >= 4 is 5.97 Å². The van der Waals surface area contributed by atoms with Crippen LogP contribution >= 0.6 is 0 Å². The van der Waals surface area contributed by atoms with Crippen LogP contribution in [0.15, 0.2) is 0 Å². The molecule has 0 aliphatic carbocycles. The molecule has 1 fully saturated rings. The molecule has 0 spiro atoms. The highest BCUT2D eigenvalue weighted by Crippen LogP contribution is 2.07. The summed E-state index contributed by atoms with van der Waals surface area (Å²) >= 11 is 0. The number of rotatable bonds is 1. The first-order chi connectivity index (χ1) is 5.52. The summed E-state index contributed by atoms with van der Waals surface area (Å²) < 4.78 is 0. The highest BCUT2D eigenvalue weighted by molar-refractivity contribution is 5.74. The normalized spacial score (nSPS) is 42.6. The summed E-state index contributed by atoms with van der Waals surface area (Å²) in [6, 6.07) is 0.0720. The van der Waals surface area contributed by atoms with Crippen LogP contribution in [0.25, 0.3) is 0 Å². The molecular formula is C8H16N2O2. The van der Waals surface area contributed by atoms with Gasteiger partial charge in [0.1, 0.15) is 6.04 Å². The molecule has 0 radical (unpaired) electrons. The molecule has 4 nitrogen and oxygen atoms in total. The van der Waals surface area contributed by atoms with Crippen molar-refractivity contribution in [3.63, 3.8) is 0 Å². The second-order valence-corrected chi connectivity index (χ2v) is 3.52. The first-order valence-electron chi connectivity index (χ1n) is 4.27. The molecule has 0 aromatic carbocycles. The fraction of sp³-hybridized carbons (Fsp3) is 0.875. The van der Waals surface area contributed by atoms with E-state index < -0.39 is 12.0 Å². The van der Waals surface area contributed by atoms with Crippen LogP contribution < -0.4 is 10.6 Å². The van der Waals surface area contributed by atoms with E-state index in [1.807, 2.05) is 20.8 Å². The molecule has 0 bridgehead atoms. The lowest BCUT2D eigenvalue weighted by molar-refractivity contribution is -0.141. The van der Waals surface area contributed by atoms with Gasteiger partial charge in [0.2, 0.25) is 0 Å². The maximum absolute atomic E-state index is 10.7. The third-order valence-electron chi connectivity index (χ3n) is 2.48. The van der Waals surface area contributed by atoms with Crippen LogP contribution in [0, 0.1) is 0 Å². The summed E-state index contributed by atoms with van der Waals surface area (Å²) in [6.07, 6.45) is 0. The van der Waals surface area contributed by atoms with Crippen LogP contribution in [-0.2, 0) is 4.79 Å². The third-order valence-corrected chi connectivity index (χ3v) is 2.48. The predicted molar refractivity (Wildman–Crippen MR) is 46.1 cm³/mol. The van der Waals surface area contributed by atoms with Gasteiger partial charge in [-0.25, -0.2) is 0 Å². The lowest BCUT2D eigenvalue weighted by Gasteiger charge is -2.37. The van der Waals surface area contributed by atoms with E-state index in [0.717, 1.165) is 0 Å². The van der Waals surface area contributed by atoms with Crippen LogP contribution in [0.2, 0.25) is 0 Å². The van der Waals surface area contributed by atoms with Gasteiger partial charge in [-0.3, -0.25) is 10.1 Å². The van der Waals surface area contributed by atoms with Gasteiger partial charge >= 0.3 is 5.97 Å². The van der Waals surface area contributed by atoms with E-state index in [2.05, 4.69) is 10.6 Å². The molecule has 3 N–H and O–H groups in total. The molecule has 0 aromatic heterocycles. The van der Waals surface area contributed by atoms with E-state index in [9.17, 15) is 4.79 Å². The van der Waals surface area contributed by atoms with E-state index in [4.69, 9.17) is 5.11 Å². The lowest BCUT2D eigenvalue weighted by Crippen LogP contribution is -2.65. The summed E-state index contributed by atoms with van der Waals surface area (Å²) in [5.41, 5.74) is 0. The number of carboxylic acids is 1.